The van der Waals surface area contributed by atoms with Crippen LogP contribution in [0.15, 0.2) is 49.8 Å². The fourth-order valence-electron chi connectivity index (χ4n) is 3.38. The van der Waals surface area contributed by atoms with Gasteiger partial charge in [0.05, 0.1) is 0 Å². The predicted molar refractivity (Wildman–Crippen MR) is 109 cm³/mol. The normalized spacial score (nSPS) is 15.1. The SMILES string of the molecule is Cc1ccc2c(COC(=O)c3sccc3S(=O)(=O)N3CCCC3)cc(=O)oc2c1. The first-order valence-corrected chi connectivity index (χ1v) is 11.5. The van der Waals surface area contributed by atoms with Gasteiger partial charge in [0, 0.05) is 30.1 Å². The molecule has 1 aliphatic rings. The molecule has 0 amide bonds. The van der Waals surface area contributed by atoms with Crippen LogP contribution in [-0.4, -0.2) is 31.8 Å². The summed E-state index contributed by atoms with van der Waals surface area (Å²) in [6, 6.07) is 8.12. The van der Waals surface area contributed by atoms with Gasteiger partial charge in [-0.25, -0.2) is 18.0 Å². The topological polar surface area (TPSA) is 93.9 Å². The van der Waals surface area contributed by atoms with Gasteiger partial charge in [-0.1, -0.05) is 12.1 Å². The summed E-state index contributed by atoms with van der Waals surface area (Å²) in [4.78, 5) is 24.5. The molecule has 0 radical (unpaired) electrons. The Morgan fingerprint density at radius 1 is 1.21 bits per heavy atom. The third-order valence-electron chi connectivity index (χ3n) is 4.84. The number of hydrogen-bond acceptors (Lipinski definition) is 7. The molecule has 0 bridgehead atoms. The number of carbonyl (C=O) groups excluding carboxylic acids is 1. The van der Waals surface area contributed by atoms with Crippen molar-refractivity contribution in [2.24, 2.45) is 0 Å². The first-order valence-electron chi connectivity index (χ1n) is 9.14. The van der Waals surface area contributed by atoms with E-state index in [9.17, 15) is 18.0 Å². The molecule has 0 N–H and O–H groups in total. The van der Waals surface area contributed by atoms with E-state index in [-0.39, 0.29) is 16.4 Å². The van der Waals surface area contributed by atoms with Crippen LogP contribution in [0.4, 0.5) is 0 Å². The second-order valence-electron chi connectivity index (χ2n) is 6.89. The largest absolute Gasteiger partial charge is 0.457 e. The highest BCUT2D eigenvalue weighted by atomic mass is 32.2. The van der Waals surface area contributed by atoms with Crippen LogP contribution in [0.3, 0.4) is 0 Å². The van der Waals surface area contributed by atoms with E-state index < -0.39 is 21.6 Å². The lowest BCUT2D eigenvalue weighted by molar-refractivity contribution is 0.0475. The van der Waals surface area contributed by atoms with Gasteiger partial charge in [0.25, 0.3) is 0 Å². The molecule has 0 aliphatic carbocycles. The zero-order valence-corrected chi connectivity index (χ0v) is 17.3. The minimum Gasteiger partial charge on any atom is -0.457 e. The van der Waals surface area contributed by atoms with Crippen LogP contribution < -0.4 is 5.63 Å². The van der Waals surface area contributed by atoms with E-state index in [1.165, 1.54) is 16.4 Å². The smallest absolute Gasteiger partial charge is 0.350 e. The molecular weight excluding hydrogens is 414 g/mol. The summed E-state index contributed by atoms with van der Waals surface area (Å²) >= 11 is 1.03. The number of benzene rings is 1. The van der Waals surface area contributed by atoms with Crippen molar-refractivity contribution >= 4 is 38.3 Å². The molecule has 0 unspecified atom stereocenters. The Bertz CT molecular complexity index is 1240. The zero-order valence-electron chi connectivity index (χ0n) is 15.7. The van der Waals surface area contributed by atoms with Gasteiger partial charge in [0.2, 0.25) is 10.0 Å². The minimum atomic E-state index is -3.72. The minimum absolute atomic E-state index is 0.0255. The van der Waals surface area contributed by atoms with E-state index in [4.69, 9.17) is 9.15 Å². The second kappa shape index (κ2) is 7.74. The maximum atomic E-state index is 12.8. The van der Waals surface area contributed by atoms with Gasteiger partial charge in [-0.15, -0.1) is 11.3 Å². The van der Waals surface area contributed by atoms with Crippen molar-refractivity contribution in [3.8, 4) is 0 Å². The van der Waals surface area contributed by atoms with E-state index in [1.54, 1.807) is 17.5 Å². The first kappa shape index (κ1) is 19.8. The molecule has 1 aliphatic heterocycles. The van der Waals surface area contributed by atoms with Crippen LogP contribution in [-0.2, 0) is 21.4 Å². The van der Waals surface area contributed by atoms with Crippen LogP contribution in [0.25, 0.3) is 11.0 Å². The summed E-state index contributed by atoms with van der Waals surface area (Å²) in [6.45, 7) is 2.63. The molecule has 7 nitrogen and oxygen atoms in total. The van der Waals surface area contributed by atoms with Crippen molar-refractivity contribution < 1.29 is 22.4 Å². The van der Waals surface area contributed by atoms with Gasteiger partial charge in [0.1, 0.15) is 22.0 Å². The molecule has 3 heterocycles. The summed E-state index contributed by atoms with van der Waals surface area (Å²) in [5.74, 6) is -0.730. The van der Waals surface area contributed by atoms with Crippen LogP contribution in [0, 0.1) is 6.92 Å². The van der Waals surface area contributed by atoms with Crippen LogP contribution >= 0.6 is 11.3 Å². The van der Waals surface area contributed by atoms with Gasteiger partial charge in [0.15, 0.2) is 0 Å². The molecule has 1 aromatic carbocycles. The number of esters is 1. The van der Waals surface area contributed by atoms with Crippen molar-refractivity contribution in [1.82, 2.24) is 4.31 Å². The van der Waals surface area contributed by atoms with Crippen molar-refractivity contribution in [2.45, 2.75) is 31.3 Å². The number of nitrogens with zero attached hydrogens (tertiary/aromatic N) is 1. The lowest BCUT2D eigenvalue weighted by Gasteiger charge is -2.15. The summed E-state index contributed by atoms with van der Waals surface area (Å²) in [5, 5.41) is 2.23. The van der Waals surface area contributed by atoms with Gasteiger partial charge in [-0.3, -0.25) is 0 Å². The molecule has 0 atom stereocenters. The lowest BCUT2D eigenvalue weighted by Crippen LogP contribution is -2.28. The molecule has 3 aromatic rings. The highest BCUT2D eigenvalue weighted by Crippen LogP contribution is 2.28. The standard InChI is InChI=1S/C20H19NO6S2/c1-13-4-5-15-14(11-18(22)27-16(15)10-13)12-26-20(23)19-17(6-9-28-19)29(24,25)21-7-2-3-8-21/h4-6,9-11H,2-3,7-8,12H2,1H3. The van der Waals surface area contributed by atoms with E-state index in [0.29, 0.717) is 29.6 Å². The molecule has 1 saturated heterocycles. The first-order chi connectivity index (χ1) is 13.9. The number of aryl methyl sites for hydroxylation is 1. The third kappa shape index (κ3) is 3.85. The summed E-state index contributed by atoms with van der Waals surface area (Å²) < 4.78 is 37.6. The molecule has 152 valence electrons. The van der Waals surface area contributed by atoms with E-state index in [1.807, 2.05) is 13.0 Å². The lowest BCUT2D eigenvalue weighted by atomic mass is 10.1. The Labute approximate surface area is 171 Å². The number of ether oxygens (including phenoxy) is 1. The highest BCUT2D eigenvalue weighted by molar-refractivity contribution is 7.89. The van der Waals surface area contributed by atoms with Crippen molar-refractivity contribution in [3.63, 3.8) is 0 Å². The molecule has 1 fully saturated rings. The van der Waals surface area contributed by atoms with Crippen LogP contribution in [0.1, 0.15) is 33.6 Å². The molecular formula is C20H19NO6S2. The molecule has 2 aromatic heterocycles. The maximum Gasteiger partial charge on any atom is 0.350 e. The number of thiophene rings is 1. The Morgan fingerprint density at radius 3 is 2.72 bits per heavy atom. The van der Waals surface area contributed by atoms with Crippen LogP contribution in [0.2, 0.25) is 0 Å². The van der Waals surface area contributed by atoms with Gasteiger partial charge < -0.3 is 9.15 Å². The van der Waals surface area contributed by atoms with Gasteiger partial charge >= 0.3 is 11.6 Å². The maximum absolute atomic E-state index is 12.8. The summed E-state index contributed by atoms with van der Waals surface area (Å²) in [6.07, 6.45) is 1.62. The Hall–Kier alpha value is -2.49. The monoisotopic (exact) mass is 433 g/mol. The number of hydrogen-bond donors (Lipinski definition) is 0. The molecule has 0 spiro atoms. The summed E-state index contributed by atoms with van der Waals surface area (Å²) in [5.41, 5.74) is 1.31. The van der Waals surface area contributed by atoms with Crippen LogP contribution in [0.5, 0.6) is 0 Å². The van der Waals surface area contributed by atoms with E-state index in [2.05, 4.69) is 0 Å². The predicted octanol–water partition coefficient (Wildman–Crippen LogP) is 3.30. The van der Waals surface area contributed by atoms with E-state index in [0.717, 1.165) is 29.7 Å². The quantitative estimate of drug-likeness (QED) is 0.453. The van der Waals surface area contributed by atoms with Crippen molar-refractivity contribution in [3.05, 3.63) is 62.1 Å². The molecule has 4 rings (SSSR count). The fourth-order valence-corrected chi connectivity index (χ4v) is 6.18. The Balaban J connectivity index is 1.59. The molecule has 29 heavy (non-hydrogen) atoms. The third-order valence-corrected chi connectivity index (χ3v) is 7.81. The second-order valence-corrected chi connectivity index (χ2v) is 9.71. The molecule has 0 saturated carbocycles. The number of carbonyl (C=O) groups is 1. The average Bonchev–Trinajstić information content (AvgIpc) is 3.37. The fraction of sp³-hybridized carbons (Fsp3) is 0.300. The molecule has 9 heteroatoms. The van der Waals surface area contributed by atoms with Gasteiger partial charge in [-0.05, 0) is 42.8 Å². The zero-order chi connectivity index (χ0) is 20.6. The van der Waals surface area contributed by atoms with Gasteiger partial charge in [-0.2, -0.15) is 4.31 Å². The highest BCUT2D eigenvalue weighted by Gasteiger charge is 2.32. The van der Waals surface area contributed by atoms with E-state index >= 15 is 0 Å². The van der Waals surface area contributed by atoms with Crippen molar-refractivity contribution in [1.29, 1.82) is 0 Å². The number of sulfonamides is 1. The number of fused-ring (bicyclic) bond motifs is 1. The van der Waals surface area contributed by atoms with Crippen molar-refractivity contribution in [2.75, 3.05) is 13.1 Å². The summed E-state index contributed by atoms with van der Waals surface area (Å²) in [7, 11) is -3.72. The number of rotatable bonds is 5. The average molecular weight is 434 g/mol. The Morgan fingerprint density at radius 2 is 1.97 bits per heavy atom. The Kier molecular flexibility index (Phi) is 5.28.